The molecule has 0 spiro atoms. The van der Waals surface area contributed by atoms with E-state index in [9.17, 15) is 13.2 Å². The van der Waals surface area contributed by atoms with Crippen LogP contribution in [0.1, 0.15) is 11.1 Å². The van der Waals surface area contributed by atoms with Crippen molar-refractivity contribution in [3.05, 3.63) is 63.4 Å². The van der Waals surface area contributed by atoms with Gasteiger partial charge >= 0.3 is 0 Å². The Hall–Kier alpha value is -1.49. The van der Waals surface area contributed by atoms with E-state index in [0.717, 1.165) is 27.9 Å². The maximum Gasteiger partial charge on any atom is 0.194 e. The van der Waals surface area contributed by atoms with Crippen LogP contribution in [0.15, 0.2) is 34.8 Å². The lowest BCUT2D eigenvalue weighted by Crippen LogP contribution is -2.03. The number of hydrogen-bond acceptors (Lipinski definition) is 1. The lowest BCUT2D eigenvalue weighted by atomic mass is 10.2. The Labute approximate surface area is 117 Å². The van der Waals surface area contributed by atoms with Crippen molar-refractivity contribution in [1.82, 2.24) is 0 Å². The molecule has 0 saturated heterocycles. The molecular weight excluding hydrogens is 319 g/mol. The second-order valence-electron chi connectivity index (χ2n) is 4.21. The summed E-state index contributed by atoms with van der Waals surface area (Å²) >= 11 is 3.37. The Balaban J connectivity index is 2.17. The number of benzene rings is 2. The van der Waals surface area contributed by atoms with Crippen LogP contribution in [-0.2, 0) is 6.54 Å². The standard InChI is InChI=1S/C14H11BrF3N/c1-8-2-3-10(15)13(4-8)19-7-9-5-11(16)14(18)12(17)6-9/h2-6,19H,7H2,1H3. The molecule has 2 rings (SSSR count). The topological polar surface area (TPSA) is 12.0 Å². The Bertz CT molecular complexity index is 591. The molecule has 0 bridgehead atoms. The average molecular weight is 330 g/mol. The number of halogens is 4. The van der Waals surface area contributed by atoms with Crippen molar-refractivity contribution in [3.63, 3.8) is 0 Å². The molecule has 0 unspecified atom stereocenters. The SMILES string of the molecule is Cc1ccc(Br)c(NCc2cc(F)c(F)c(F)c2)c1. The summed E-state index contributed by atoms with van der Waals surface area (Å²) in [6.07, 6.45) is 0. The van der Waals surface area contributed by atoms with E-state index in [1.807, 2.05) is 25.1 Å². The first-order chi connectivity index (χ1) is 8.97. The lowest BCUT2D eigenvalue weighted by Gasteiger charge is -2.10. The summed E-state index contributed by atoms with van der Waals surface area (Å²) in [6.45, 7) is 2.14. The van der Waals surface area contributed by atoms with Gasteiger partial charge in [0, 0.05) is 16.7 Å². The first-order valence-corrected chi connectivity index (χ1v) is 6.40. The average Bonchev–Trinajstić information content (AvgIpc) is 2.37. The summed E-state index contributed by atoms with van der Waals surface area (Å²) in [5.74, 6) is -3.80. The molecule has 0 aromatic heterocycles. The monoisotopic (exact) mass is 329 g/mol. The van der Waals surface area contributed by atoms with Gasteiger partial charge in [-0.2, -0.15) is 0 Å². The van der Waals surface area contributed by atoms with Crippen molar-refractivity contribution in [2.45, 2.75) is 13.5 Å². The molecule has 100 valence electrons. The Morgan fingerprint density at radius 3 is 2.32 bits per heavy atom. The Morgan fingerprint density at radius 1 is 1.05 bits per heavy atom. The van der Waals surface area contributed by atoms with E-state index < -0.39 is 17.5 Å². The highest BCUT2D eigenvalue weighted by atomic mass is 79.9. The fourth-order valence-electron chi connectivity index (χ4n) is 1.68. The van der Waals surface area contributed by atoms with Gasteiger partial charge in [0.15, 0.2) is 17.5 Å². The molecule has 1 nitrogen and oxygen atoms in total. The molecule has 0 aliphatic carbocycles. The first-order valence-electron chi connectivity index (χ1n) is 5.61. The molecule has 0 atom stereocenters. The highest BCUT2D eigenvalue weighted by molar-refractivity contribution is 9.10. The number of nitrogens with one attached hydrogen (secondary N) is 1. The zero-order valence-electron chi connectivity index (χ0n) is 10.1. The van der Waals surface area contributed by atoms with Crippen LogP contribution in [0.3, 0.4) is 0 Å². The Kier molecular flexibility index (Phi) is 4.14. The van der Waals surface area contributed by atoms with Gasteiger partial charge in [0.05, 0.1) is 0 Å². The van der Waals surface area contributed by atoms with Gasteiger partial charge in [-0.3, -0.25) is 0 Å². The van der Waals surface area contributed by atoms with Crippen LogP contribution in [0.25, 0.3) is 0 Å². The molecule has 0 aliphatic rings. The largest absolute Gasteiger partial charge is 0.380 e. The minimum atomic E-state index is -1.44. The van der Waals surface area contributed by atoms with Gasteiger partial charge in [0.1, 0.15) is 0 Å². The van der Waals surface area contributed by atoms with Crippen LogP contribution in [0, 0.1) is 24.4 Å². The van der Waals surface area contributed by atoms with E-state index >= 15 is 0 Å². The minimum absolute atomic E-state index is 0.205. The van der Waals surface area contributed by atoms with E-state index in [1.54, 1.807) is 0 Å². The van der Waals surface area contributed by atoms with Crippen molar-refractivity contribution in [1.29, 1.82) is 0 Å². The third-order valence-corrected chi connectivity index (χ3v) is 3.34. The minimum Gasteiger partial charge on any atom is -0.380 e. The van der Waals surface area contributed by atoms with Gasteiger partial charge in [0.2, 0.25) is 0 Å². The normalized spacial score (nSPS) is 10.6. The zero-order valence-corrected chi connectivity index (χ0v) is 11.7. The predicted molar refractivity (Wildman–Crippen MR) is 72.5 cm³/mol. The van der Waals surface area contributed by atoms with Crippen LogP contribution in [0.4, 0.5) is 18.9 Å². The maximum atomic E-state index is 13.1. The highest BCUT2D eigenvalue weighted by Gasteiger charge is 2.10. The number of aryl methyl sites for hydroxylation is 1. The van der Waals surface area contributed by atoms with Crippen LogP contribution in [-0.4, -0.2) is 0 Å². The van der Waals surface area contributed by atoms with Crippen molar-refractivity contribution in [2.24, 2.45) is 0 Å². The van der Waals surface area contributed by atoms with Crippen LogP contribution in [0.5, 0.6) is 0 Å². The van der Waals surface area contributed by atoms with E-state index in [2.05, 4.69) is 21.2 Å². The summed E-state index contributed by atoms with van der Waals surface area (Å²) in [4.78, 5) is 0. The smallest absolute Gasteiger partial charge is 0.194 e. The van der Waals surface area contributed by atoms with E-state index in [1.165, 1.54) is 0 Å². The quantitative estimate of drug-likeness (QED) is 0.798. The van der Waals surface area contributed by atoms with Crippen LogP contribution in [0.2, 0.25) is 0 Å². The first kappa shape index (κ1) is 13.9. The maximum absolute atomic E-state index is 13.1. The van der Waals surface area contributed by atoms with Crippen molar-refractivity contribution >= 4 is 21.6 Å². The molecule has 2 aromatic rings. The molecule has 0 aliphatic heterocycles. The summed E-state index contributed by atoms with van der Waals surface area (Å²) in [6, 6.07) is 7.68. The molecule has 19 heavy (non-hydrogen) atoms. The molecule has 0 fully saturated rings. The van der Waals surface area contributed by atoms with Gasteiger partial charge < -0.3 is 5.32 Å². The lowest BCUT2D eigenvalue weighted by molar-refractivity contribution is 0.445. The van der Waals surface area contributed by atoms with Crippen LogP contribution >= 0.6 is 15.9 Å². The summed E-state index contributed by atoms with van der Waals surface area (Å²) in [7, 11) is 0. The predicted octanol–water partition coefficient (Wildman–Crippen LogP) is 4.79. The number of anilines is 1. The highest BCUT2D eigenvalue weighted by Crippen LogP contribution is 2.24. The molecule has 0 radical (unpaired) electrons. The van der Waals surface area contributed by atoms with Gasteiger partial charge in [-0.05, 0) is 58.2 Å². The van der Waals surface area contributed by atoms with Crippen molar-refractivity contribution < 1.29 is 13.2 Å². The van der Waals surface area contributed by atoms with Crippen LogP contribution < -0.4 is 5.32 Å². The summed E-state index contributed by atoms with van der Waals surface area (Å²) in [5.41, 5.74) is 2.21. The molecule has 0 amide bonds. The molecular formula is C14H11BrF3N. The Morgan fingerprint density at radius 2 is 1.68 bits per heavy atom. The number of hydrogen-bond donors (Lipinski definition) is 1. The van der Waals surface area contributed by atoms with Crippen molar-refractivity contribution in [3.8, 4) is 0 Å². The molecule has 5 heteroatoms. The fourth-order valence-corrected chi connectivity index (χ4v) is 2.07. The van der Waals surface area contributed by atoms with Gasteiger partial charge in [-0.1, -0.05) is 6.07 Å². The van der Waals surface area contributed by atoms with Gasteiger partial charge in [0.25, 0.3) is 0 Å². The second-order valence-corrected chi connectivity index (χ2v) is 5.06. The third-order valence-electron chi connectivity index (χ3n) is 2.65. The van der Waals surface area contributed by atoms with Crippen molar-refractivity contribution in [2.75, 3.05) is 5.32 Å². The summed E-state index contributed by atoms with van der Waals surface area (Å²) < 4.78 is 39.8. The fraction of sp³-hybridized carbons (Fsp3) is 0.143. The van der Waals surface area contributed by atoms with Gasteiger partial charge in [-0.15, -0.1) is 0 Å². The zero-order chi connectivity index (χ0) is 14.0. The molecule has 0 heterocycles. The van der Waals surface area contributed by atoms with E-state index in [0.29, 0.717) is 5.56 Å². The molecule has 1 N–H and O–H groups in total. The summed E-state index contributed by atoms with van der Waals surface area (Å²) in [5, 5.41) is 3.04. The number of rotatable bonds is 3. The van der Waals surface area contributed by atoms with E-state index in [4.69, 9.17) is 0 Å². The van der Waals surface area contributed by atoms with Gasteiger partial charge in [-0.25, -0.2) is 13.2 Å². The second kappa shape index (κ2) is 5.65. The molecule has 0 saturated carbocycles. The van der Waals surface area contributed by atoms with E-state index in [-0.39, 0.29) is 6.54 Å². The molecule has 2 aromatic carbocycles. The third kappa shape index (κ3) is 3.29.